The minimum Gasteiger partial charge on any atom is -0.492 e. The Morgan fingerprint density at radius 1 is 0.857 bits per heavy atom. The van der Waals surface area contributed by atoms with E-state index in [9.17, 15) is 13.2 Å². The van der Waals surface area contributed by atoms with Crippen molar-refractivity contribution in [2.24, 2.45) is 25.7 Å². The Balaban J connectivity index is 2.39. The second-order valence-electron chi connectivity index (χ2n) is 4.09. The summed E-state index contributed by atoms with van der Waals surface area (Å²) in [6.07, 6.45) is -4.68. The Morgan fingerprint density at radius 2 is 1.38 bits per heavy atom. The van der Waals surface area contributed by atoms with Crippen molar-refractivity contribution in [3.63, 3.8) is 0 Å². The van der Waals surface area contributed by atoms with Crippen LogP contribution in [0.25, 0.3) is 0 Å². The number of rotatable bonds is 2. The van der Waals surface area contributed by atoms with Gasteiger partial charge in [0.05, 0.1) is 14.2 Å². The van der Waals surface area contributed by atoms with Gasteiger partial charge < -0.3 is 15.2 Å². The molecular formula is C11H8F3N5O2. The van der Waals surface area contributed by atoms with Crippen LogP contribution < -0.4 is 25.9 Å². The van der Waals surface area contributed by atoms with Gasteiger partial charge in [0.1, 0.15) is 22.1 Å². The number of nitrogens with zero attached hydrogens (tertiary/aromatic N) is 4. The maximum absolute atomic E-state index is 12.8. The number of methoxy groups -OCH3 is 2. The molecule has 0 amide bonds. The van der Waals surface area contributed by atoms with Gasteiger partial charge in [-0.25, -0.2) is 20.0 Å². The van der Waals surface area contributed by atoms with Crippen LogP contribution >= 0.6 is 0 Å². The van der Waals surface area contributed by atoms with Gasteiger partial charge in [0, 0.05) is 0 Å². The van der Waals surface area contributed by atoms with Crippen LogP contribution in [0.1, 0.15) is 0 Å². The minimum absolute atomic E-state index is 0.0213. The zero-order valence-corrected chi connectivity index (χ0v) is 10.8. The van der Waals surface area contributed by atoms with Crippen LogP contribution in [-0.4, -0.2) is 32.2 Å². The summed E-state index contributed by atoms with van der Waals surface area (Å²) in [7, 11) is 2.57. The average molecular weight is 299 g/mol. The molecule has 2 N–H and O–H groups in total. The molecule has 2 aliphatic heterocycles. The first-order valence-corrected chi connectivity index (χ1v) is 5.62. The monoisotopic (exact) mass is 299 g/mol. The Morgan fingerprint density at radius 3 is 1.90 bits per heavy atom. The number of guanidine groups is 1. The number of aliphatic imine (C=N–C) groups is 2. The fourth-order valence-electron chi connectivity index (χ4n) is 2.07. The maximum Gasteiger partial charge on any atom is 0.451 e. The molecule has 0 bridgehead atoms. The molecule has 1 aromatic rings. The summed E-state index contributed by atoms with van der Waals surface area (Å²) in [4.78, 5) is 14.8. The fourth-order valence-corrected chi connectivity index (χ4v) is 2.07. The molecule has 0 unspecified atom stereocenters. The Hall–Kier alpha value is -2.65. The molecule has 10 heteroatoms. The average Bonchev–Trinajstić information content (AvgIpc) is 2.98. The Bertz CT molecular complexity index is 824. The van der Waals surface area contributed by atoms with Gasteiger partial charge in [0.15, 0.2) is 11.5 Å². The normalized spacial score (nSPS) is 15.5. The summed E-state index contributed by atoms with van der Waals surface area (Å²) in [5.41, 5.74) is 5.59. The van der Waals surface area contributed by atoms with Gasteiger partial charge >= 0.3 is 6.18 Å². The van der Waals surface area contributed by atoms with Crippen LogP contribution in [0, 0.1) is 0 Å². The van der Waals surface area contributed by atoms with E-state index in [4.69, 9.17) is 15.2 Å². The predicted molar refractivity (Wildman–Crippen MR) is 66.3 cm³/mol. The number of fused-ring (bicyclic) bond motifs is 2. The summed E-state index contributed by atoms with van der Waals surface area (Å²) in [5, 5.41) is 0.0713. The van der Waals surface area contributed by atoms with Gasteiger partial charge in [0.25, 0.3) is 0 Å². The third-order valence-electron chi connectivity index (χ3n) is 2.86. The molecule has 3 rings (SSSR count). The van der Waals surface area contributed by atoms with E-state index in [1.165, 1.54) is 14.2 Å². The highest BCUT2D eigenvalue weighted by Gasteiger charge is 2.40. The number of hydrogen-bond acceptors (Lipinski definition) is 7. The van der Waals surface area contributed by atoms with E-state index in [0.717, 1.165) is 0 Å². The molecular weight excluding hydrogens is 291 g/mol. The van der Waals surface area contributed by atoms with Crippen molar-refractivity contribution in [3.05, 3.63) is 10.7 Å². The third kappa shape index (κ3) is 1.82. The smallest absolute Gasteiger partial charge is 0.451 e. The van der Waals surface area contributed by atoms with Crippen molar-refractivity contribution in [3.8, 4) is 11.5 Å². The molecule has 0 radical (unpaired) electrons. The molecule has 0 aliphatic carbocycles. The van der Waals surface area contributed by atoms with E-state index in [1.54, 1.807) is 0 Å². The number of halogens is 3. The second-order valence-corrected chi connectivity index (χ2v) is 4.09. The van der Waals surface area contributed by atoms with Crippen molar-refractivity contribution in [1.29, 1.82) is 0 Å². The highest BCUT2D eigenvalue weighted by molar-refractivity contribution is 5.96. The lowest BCUT2D eigenvalue weighted by Crippen LogP contribution is -2.20. The second kappa shape index (κ2) is 4.17. The molecule has 0 spiro atoms. The summed E-state index contributed by atoms with van der Waals surface area (Å²) >= 11 is 0. The van der Waals surface area contributed by atoms with Crippen LogP contribution in [0.15, 0.2) is 20.0 Å². The number of benzene rings is 1. The van der Waals surface area contributed by atoms with Gasteiger partial charge in [-0.2, -0.15) is 13.2 Å². The summed E-state index contributed by atoms with van der Waals surface area (Å²) in [6.45, 7) is 0. The molecule has 0 fully saturated rings. The largest absolute Gasteiger partial charge is 0.492 e. The predicted octanol–water partition coefficient (Wildman–Crippen LogP) is 0.509. The maximum atomic E-state index is 12.8. The summed E-state index contributed by atoms with van der Waals surface area (Å²) in [5.74, 6) is -1.29. The molecule has 2 heterocycles. The lowest BCUT2D eigenvalue weighted by Gasteiger charge is -2.07. The van der Waals surface area contributed by atoms with Crippen molar-refractivity contribution >= 4 is 23.2 Å². The molecule has 110 valence electrons. The molecule has 2 aliphatic rings. The molecule has 1 aromatic carbocycles. The number of nitrogens with two attached hydrogens (primary N) is 1. The topological polar surface area (TPSA) is 93.9 Å². The zero-order valence-electron chi connectivity index (χ0n) is 10.8. The van der Waals surface area contributed by atoms with Crippen molar-refractivity contribution in [2.75, 3.05) is 14.2 Å². The van der Waals surface area contributed by atoms with Gasteiger partial charge in [-0.15, -0.1) is 0 Å². The van der Waals surface area contributed by atoms with Crippen LogP contribution in [0.3, 0.4) is 0 Å². The highest BCUT2D eigenvalue weighted by atomic mass is 19.4. The first kappa shape index (κ1) is 13.3. The number of hydrogen-bond donors (Lipinski definition) is 1. The lowest BCUT2D eigenvalue weighted by atomic mass is 10.2. The van der Waals surface area contributed by atoms with Crippen molar-refractivity contribution < 1.29 is 22.6 Å². The highest BCUT2D eigenvalue weighted by Crippen LogP contribution is 2.35. The molecule has 0 aromatic heterocycles. The number of amidine groups is 1. The van der Waals surface area contributed by atoms with Crippen LogP contribution in [-0.2, 0) is 0 Å². The van der Waals surface area contributed by atoms with Crippen LogP contribution in [0.2, 0.25) is 0 Å². The minimum atomic E-state index is -4.68. The SMILES string of the molecule is COc1c2c(c(OC)c3c1=NC(N)=N3)=NC(C(F)(F)F)=N2. The van der Waals surface area contributed by atoms with E-state index in [1.807, 2.05) is 0 Å². The van der Waals surface area contributed by atoms with Crippen molar-refractivity contribution in [2.45, 2.75) is 6.18 Å². The molecule has 0 saturated heterocycles. The third-order valence-corrected chi connectivity index (χ3v) is 2.86. The fraction of sp³-hybridized carbons (Fsp3) is 0.273. The van der Waals surface area contributed by atoms with E-state index >= 15 is 0 Å². The van der Waals surface area contributed by atoms with Crippen LogP contribution in [0.5, 0.6) is 11.5 Å². The van der Waals surface area contributed by atoms with E-state index in [-0.39, 0.29) is 39.5 Å². The van der Waals surface area contributed by atoms with Gasteiger partial charge in [-0.05, 0) is 0 Å². The Kier molecular flexibility index (Phi) is 2.65. The van der Waals surface area contributed by atoms with Crippen molar-refractivity contribution in [1.82, 2.24) is 0 Å². The number of alkyl halides is 3. The number of ether oxygens (including phenoxy) is 2. The quantitative estimate of drug-likeness (QED) is 0.862. The lowest BCUT2D eigenvalue weighted by molar-refractivity contribution is -0.0595. The van der Waals surface area contributed by atoms with Crippen LogP contribution in [0.4, 0.5) is 24.5 Å². The van der Waals surface area contributed by atoms with Gasteiger partial charge in [-0.1, -0.05) is 0 Å². The molecule has 7 nitrogen and oxygen atoms in total. The standard InChI is InChI=1S/C11H8F3N5O2/c1-20-7-3-4(17-9(16-3)11(12,13)14)8(21-2)6-5(7)18-10(15)19-6/h1-2H3,(H2,15,18,19). The summed E-state index contributed by atoms with van der Waals surface area (Å²) in [6, 6.07) is 0. The Labute approximate surface area is 115 Å². The first-order chi connectivity index (χ1) is 9.86. The van der Waals surface area contributed by atoms with E-state index < -0.39 is 12.0 Å². The first-order valence-electron chi connectivity index (χ1n) is 5.62. The molecule has 0 atom stereocenters. The zero-order chi connectivity index (χ0) is 15.4. The van der Waals surface area contributed by atoms with E-state index in [2.05, 4.69) is 20.0 Å². The van der Waals surface area contributed by atoms with Gasteiger partial charge in [-0.3, -0.25) is 0 Å². The molecule has 0 saturated carbocycles. The molecule has 21 heavy (non-hydrogen) atoms. The van der Waals surface area contributed by atoms with E-state index in [0.29, 0.717) is 0 Å². The summed E-state index contributed by atoms with van der Waals surface area (Å²) < 4.78 is 48.5. The van der Waals surface area contributed by atoms with Gasteiger partial charge in [0.2, 0.25) is 11.8 Å².